The predicted molar refractivity (Wildman–Crippen MR) is 95.4 cm³/mol. The molecule has 2 rings (SSSR count). The molecule has 0 unspecified atom stereocenters. The quantitative estimate of drug-likeness (QED) is 0.588. The average molecular weight is 340 g/mol. The number of methoxy groups -OCH3 is 1. The smallest absolute Gasteiger partial charge is 0.180 e. The Kier molecular flexibility index (Phi) is 6.09. The number of benzene rings is 1. The first kappa shape index (κ1) is 17.1. The van der Waals surface area contributed by atoms with Crippen LogP contribution in [0.1, 0.15) is 25.3 Å². The SMILES string of the molecule is C=CCOc1c(Cl)cc(C(=S)N2CCC(C)CC2)cc1OC. The van der Waals surface area contributed by atoms with Crippen LogP contribution in [0.15, 0.2) is 24.8 Å². The summed E-state index contributed by atoms with van der Waals surface area (Å²) in [5, 5.41) is 0.504. The lowest BCUT2D eigenvalue weighted by molar-refractivity contribution is 0.284. The zero-order chi connectivity index (χ0) is 16.1. The maximum absolute atomic E-state index is 6.34. The van der Waals surface area contributed by atoms with Gasteiger partial charge < -0.3 is 14.4 Å². The van der Waals surface area contributed by atoms with E-state index >= 15 is 0 Å². The van der Waals surface area contributed by atoms with Crippen LogP contribution in [0.2, 0.25) is 5.02 Å². The van der Waals surface area contributed by atoms with Crippen LogP contribution in [-0.2, 0) is 0 Å². The maximum Gasteiger partial charge on any atom is 0.180 e. The normalized spacial score (nSPS) is 15.5. The van der Waals surface area contributed by atoms with Crippen LogP contribution in [-0.4, -0.2) is 36.7 Å². The molecule has 1 aromatic rings. The standard InChI is InChI=1S/C17H22ClNO2S/c1-4-9-21-16-14(18)10-13(11-15(16)20-3)17(22)19-7-5-12(2)6-8-19/h4,10-12H,1,5-9H2,2-3H3. The number of piperidine rings is 1. The van der Waals surface area contributed by atoms with Crippen molar-refractivity contribution in [2.45, 2.75) is 19.8 Å². The Hall–Kier alpha value is -1.26. The summed E-state index contributed by atoms with van der Waals surface area (Å²) < 4.78 is 11.0. The maximum atomic E-state index is 6.34. The van der Waals surface area contributed by atoms with Crippen LogP contribution in [0.5, 0.6) is 11.5 Å². The number of thiocarbonyl (C=S) groups is 1. The van der Waals surface area contributed by atoms with Crippen molar-refractivity contribution < 1.29 is 9.47 Å². The second kappa shape index (κ2) is 7.84. The van der Waals surface area contributed by atoms with Crippen LogP contribution in [0.25, 0.3) is 0 Å². The fourth-order valence-electron chi connectivity index (χ4n) is 2.52. The summed E-state index contributed by atoms with van der Waals surface area (Å²) in [5.41, 5.74) is 0.900. The molecule has 120 valence electrons. The number of nitrogens with zero attached hydrogens (tertiary/aromatic N) is 1. The molecular weight excluding hydrogens is 318 g/mol. The second-order valence-corrected chi connectivity index (χ2v) is 6.36. The molecule has 1 aliphatic heterocycles. The third kappa shape index (κ3) is 3.93. The van der Waals surface area contributed by atoms with Gasteiger partial charge in [-0.15, -0.1) is 0 Å². The molecular formula is C17H22ClNO2S. The van der Waals surface area contributed by atoms with E-state index in [2.05, 4.69) is 18.4 Å². The molecule has 0 atom stereocenters. The van der Waals surface area contributed by atoms with E-state index in [1.807, 2.05) is 12.1 Å². The van der Waals surface area contributed by atoms with E-state index in [1.165, 1.54) is 12.8 Å². The van der Waals surface area contributed by atoms with Gasteiger partial charge in [0, 0.05) is 18.7 Å². The second-order valence-electron chi connectivity index (χ2n) is 5.56. The molecule has 1 heterocycles. The molecule has 0 aliphatic carbocycles. The summed E-state index contributed by atoms with van der Waals surface area (Å²) in [6.45, 7) is 8.29. The summed E-state index contributed by atoms with van der Waals surface area (Å²) in [4.78, 5) is 3.06. The highest BCUT2D eigenvalue weighted by molar-refractivity contribution is 7.80. The summed E-state index contributed by atoms with van der Waals surface area (Å²) >= 11 is 12.0. The number of hydrogen-bond donors (Lipinski definition) is 0. The zero-order valence-corrected chi connectivity index (χ0v) is 14.7. The predicted octanol–water partition coefficient (Wildman–Crippen LogP) is 4.32. The molecule has 22 heavy (non-hydrogen) atoms. The highest BCUT2D eigenvalue weighted by Crippen LogP contribution is 2.37. The van der Waals surface area contributed by atoms with Gasteiger partial charge in [-0.05, 0) is 30.9 Å². The van der Waals surface area contributed by atoms with Gasteiger partial charge >= 0.3 is 0 Å². The minimum atomic E-state index is 0.379. The van der Waals surface area contributed by atoms with Crippen molar-refractivity contribution in [3.8, 4) is 11.5 Å². The number of ether oxygens (including phenoxy) is 2. The number of rotatable bonds is 5. The average Bonchev–Trinajstić information content (AvgIpc) is 2.53. The topological polar surface area (TPSA) is 21.7 Å². The van der Waals surface area contributed by atoms with Crippen molar-refractivity contribution in [2.24, 2.45) is 5.92 Å². The molecule has 0 bridgehead atoms. The lowest BCUT2D eigenvalue weighted by Gasteiger charge is -2.32. The zero-order valence-electron chi connectivity index (χ0n) is 13.1. The van der Waals surface area contributed by atoms with Gasteiger partial charge in [-0.25, -0.2) is 0 Å². The fraction of sp³-hybridized carbons (Fsp3) is 0.471. The number of hydrogen-bond acceptors (Lipinski definition) is 3. The summed E-state index contributed by atoms with van der Waals surface area (Å²) in [6, 6.07) is 3.74. The van der Waals surface area contributed by atoms with Crippen molar-refractivity contribution in [3.05, 3.63) is 35.4 Å². The van der Waals surface area contributed by atoms with Gasteiger partial charge in [-0.2, -0.15) is 0 Å². The molecule has 1 aliphatic rings. The van der Waals surface area contributed by atoms with Gasteiger partial charge in [-0.3, -0.25) is 0 Å². The van der Waals surface area contributed by atoms with E-state index < -0.39 is 0 Å². The van der Waals surface area contributed by atoms with Gasteiger partial charge in [0.15, 0.2) is 11.5 Å². The Bertz CT molecular complexity index is 554. The van der Waals surface area contributed by atoms with E-state index in [1.54, 1.807) is 13.2 Å². The first-order chi connectivity index (χ1) is 10.6. The van der Waals surface area contributed by atoms with E-state index in [0.29, 0.717) is 23.1 Å². The highest BCUT2D eigenvalue weighted by Gasteiger charge is 2.21. The Morgan fingerprint density at radius 3 is 2.73 bits per heavy atom. The fourth-order valence-corrected chi connectivity index (χ4v) is 3.09. The summed E-state index contributed by atoms with van der Waals surface area (Å²) in [7, 11) is 1.60. The molecule has 0 N–H and O–H groups in total. The van der Waals surface area contributed by atoms with E-state index in [9.17, 15) is 0 Å². The molecule has 3 nitrogen and oxygen atoms in total. The van der Waals surface area contributed by atoms with Gasteiger partial charge in [0.05, 0.1) is 12.1 Å². The van der Waals surface area contributed by atoms with E-state index in [4.69, 9.17) is 33.3 Å². The van der Waals surface area contributed by atoms with Crippen molar-refractivity contribution in [1.29, 1.82) is 0 Å². The summed E-state index contributed by atoms with van der Waals surface area (Å²) in [6.07, 6.45) is 4.01. The molecule has 0 amide bonds. The molecule has 0 radical (unpaired) electrons. The van der Waals surface area contributed by atoms with Crippen molar-refractivity contribution in [1.82, 2.24) is 4.90 Å². The molecule has 0 aromatic heterocycles. The van der Waals surface area contributed by atoms with Crippen LogP contribution in [0.4, 0.5) is 0 Å². The molecule has 5 heteroatoms. The molecule has 1 aromatic carbocycles. The molecule has 0 spiro atoms. The van der Waals surface area contributed by atoms with Crippen LogP contribution >= 0.6 is 23.8 Å². The number of halogens is 1. The number of likely N-dealkylation sites (tertiary alicyclic amines) is 1. The van der Waals surface area contributed by atoms with Crippen molar-refractivity contribution in [3.63, 3.8) is 0 Å². The minimum absolute atomic E-state index is 0.379. The largest absolute Gasteiger partial charge is 0.493 e. The lowest BCUT2D eigenvalue weighted by atomic mass is 9.99. The third-order valence-corrected chi connectivity index (χ3v) is 4.67. The Balaban J connectivity index is 2.22. The van der Waals surface area contributed by atoms with Crippen LogP contribution in [0.3, 0.4) is 0 Å². The minimum Gasteiger partial charge on any atom is -0.493 e. The monoisotopic (exact) mass is 339 g/mol. The molecule has 0 saturated carbocycles. The first-order valence-electron chi connectivity index (χ1n) is 7.47. The molecule has 1 saturated heterocycles. The van der Waals surface area contributed by atoms with Gasteiger partial charge in [0.25, 0.3) is 0 Å². The first-order valence-corrected chi connectivity index (χ1v) is 8.26. The lowest BCUT2D eigenvalue weighted by Crippen LogP contribution is -2.37. The molecule has 1 fully saturated rings. The Labute approximate surface area is 142 Å². The summed E-state index contributed by atoms with van der Waals surface area (Å²) in [5.74, 6) is 1.90. The van der Waals surface area contributed by atoms with Gasteiger partial charge in [-0.1, -0.05) is 43.4 Å². The highest BCUT2D eigenvalue weighted by atomic mass is 35.5. The van der Waals surface area contributed by atoms with E-state index in [0.717, 1.165) is 29.6 Å². The van der Waals surface area contributed by atoms with Crippen molar-refractivity contribution in [2.75, 3.05) is 26.8 Å². The Morgan fingerprint density at radius 2 is 2.14 bits per heavy atom. The van der Waals surface area contributed by atoms with E-state index in [-0.39, 0.29) is 0 Å². The van der Waals surface area contributed by atoms with Crippen LogP contribution in [0, 0.1) is 5.92 Å². The van der Waals surface area contributed by atoms with Crippen molar-refractivity contribution >= 4 is 28.8 Å². The van der Waals surface area contributed by atoms with Crippen LogP contribution < -0.4 is 9.47 Å². The van der Waals surface area contributed by atoms with Gasteiger partial charge in [0.1, 0.15) is 11.6 Å². The third-order valence-electron chi connectivity index (χ3n) is 3.89. The van der Waals surface area contributed by atoms with Gasteiger partial charge in [0.2, 0.25) is 0 Å². The Morgan fingerprint density at radius 1 is 1.45 bits per heavy atom.